The molecule has 96 valence electrons. The van der Waals surface area contributed by atoms with Gasteiger partial charge in [0.05, 0.1) is 11.2 Å². The standard InChI is InChI=1S/C15H13ClN2O/c1-10-13-7-12(16)4-5-14(13)18(9-19)15(10)11-3-2-6-17-8-11/h2-8,19H,9H2,1H3. The van der Waals surface area contributed by atoms with Crippen molar-refractivity contribution < 1.29 is 5.11 Å². The van der Waals surface area contributed by atoms with Crippen molar-refractivity contribution in [3.63, 3.8) is 0 Å². The maximum Gasteiger partial charge on any atom is 0.120 e. The Labute approximate surface area is 116 Å². The number of nitrogens with zero attached hydrogens (tertiary/aromatic N) is 2. The summed E-state index contributed by atoms with van der Waals surface area (Å²) in [5.74, 6) is 0. The van der Waals surface area contributed by atoms with Gasteiger partial charge in [0, 0.05) is 28.4 Å². The zero-order valence-corrected chi connectivity index (χ0v) is 11.2. The summed E-state index contributed by atoms with van der Waals surface area (Å²) in [6.07, 6.45) is 3.54. The van der Waals surface area contributed by atoms with Crippen LogP contribution in [-0.2, 0) is 6.73 Å². The molecule has 0 radical (unpaired) electrons. The van der Waals surface area contributed by atoms with Gasteiger partial charge in [-0.2, -0.15) is 0 Å². The number of pyridine rings is 1. The van der Waals surface area contributed by atoms with Gasteiger partial charge >= 0.3 is 0 Å². The van der Waals surface area contributed by atoms with E-state index in [9.17, 15) is 5.11 Å². The molecule has 19 heavy (non-hydrogen) atoms. The van der Waals surface area contributed by atoms with Crippen molar-refractivity contribution in [2.45, 2.75) is 13.7 Å². The number of benzene rings is 1. The van der Waals surface area contributed by atoms with Crippen LogP contribution in [0, 0.1) is 6.92 Å². The van der Waals surface area contributed by atoms with Gasteiger partial charge in [0.2, 0.25) is 0 Å². The molecule has 0 saturated carbocycles. The molecule has 0 aliphatic carbocycles. The molecule has 3 rings (SSSR count). The average Bonchev–Trinajstić information content (AvgIpc) is 2.72. The summed E-state index contributed by atoms with van der Waals surface area (Å²) in [7, 11) is 0. The van der Waals surface area contributed by atoms with Crippen LogP contribution in [-0.4, -0.2) is 14.7 Å². The van der Waals surface area contributed by atoms with Gasteiger partial charge in [0.1, 0.15) is 6.73 Å². The summed E-state index contributed by atoms with van der Waals surface area (Å²) >= 11 is 6.06. The van der Waals surface area contributed by atoms with Crippen molar-refractivity contribution in [1.29, 1.82) is 0 Å². The second-order valence-electron chi connectivity index (χ2n) is 4.45. The van der Waals surface area contributed by atoms with Gasteiger partial charge in [-0.15, -0.1) is 0 Å². The van der Waals surface area contributed by atoms with Crippen molar-refractivity contribution in [2.24, 2.45) is 0 Å². The number of halogens is 1. The summed E-state index contributed by atoms with van der Waals surface area (Å²) in [6.45, 7) is 1.96. The molecule has 4 heteroatoms. The van der Waals surface area contributed by atoms with Gasteiger partial charge in [-0.05, 0) is 42.8 Å². The molecular weight excluding hydrogens is 260 g/mol. The van der Waals surface area contributed by atoms with E-state index in [0.29, 0.717) is 5.02 Å². The lowest BCUT2D eigenvalue weighted by molar-refractivity contribution is 0.217. The number of rotatable bonds is 2. The molecule has 0 aliphatic rings. The lowest BCUT2D eigenvalue weighted by Crippen LogP contribution is -1.99. The molecule has 0 atom stereocenters. The third kappa shape index (κ3) is 1.91. The van der Waals surface area contributed by atoms with E-state index in [4.69, 9.17) is 11.6 Å². The fraction of sp³-hybridized carbons (Fsp3) is 0.133. The van der Waals surface area contributed by atoms with Crippen LogP contribution < -0.4 is 0 Å². The van der Waals surface area contributed by atoms with E-state index in [0.717, 1.165) is 27.7 Å². The Hall–Kier alpha value is -1.84. The number of hydrogen-bond acceptors (Lipinski definition) is 2. The largest absolute Gasteiger partial charge is 0.376 e. The first-order chi connectivity index (χ1) is 9.22. The van der Waals surface area contributed by atoms with E-state index in [1.807, 2.05) is 41.8 Å². The molecule has 0 amide bonds. The highest BCUT2D eigenvalue weighted by Crippen LogP contribution is 2.33. The average molecular weight is 273 g/mol. The van der Waals surface area contributed by atoms with Crippen LogP contribution in [0.1, 0.15) is 5.56 Å². The minimum Gasteiger partial charge on any atom is -0.376 e. The fourth-order valence-electron chi connectivity index (χ4n) is 2.52. The van der Waals surface area contributed by atoms with Crippen LogP contribution in [0.3, 0.4) is 0 Å². The maximum atomic E-state index is 9.67. The second kappa shape index (κ2) is 4.68. The van der Waals surface area contributed by atoms with Crippen LogP contribution in [0.4, 0.5) is 0 Å². The lowest BCUT2D eigenvalue weighted by atomic mass is 10.1. The first-order valence-electron chi connectivity index (χ1n) is 6.02. The molecule has 0 bridgehead atoms. The van der Waals surface area contributed by atoms with Crippen LogP contribution >= 0.6 is 11.6 Å². The minimum atomic E-state index is -0.0732. The third-order valence-electron chi connectivity index (χ3n) is 3.35. The van der Waals surface area contributed by atoms with Crippen molar-refractivity contribution >= 4 is 22.5 Å². The number of hydrogen-bond donors (Lipinski definition) is 1. The maximum absolute atomic E-state index is 9.67. The SMILES string of the molecule is Cc1c(-c2cccnc2)n(CO)c2ccc(Cl)cc12. The zero-order valence-electron chi connectivity index (χ0n) is 10.5. The van der Waals surface area contributed by atoms with Crippen molar-refractivity contribution in [1.82, 2.24) is 9.55 Å². The van der Waals surface area contributed by atoms with Gasteiger partial charge in [-0.25, -0.2) is 0 Å². The van der Waals surface area contributed by atoms with Crippen molar-refractivity contribution in [3.05, 3.63) is 53.3 Å². The first kappa shape index (κ1) is 12.2. The molecule has 1 aromatic carbocycles. The Morgan fingerprint density at radius 3 is 2.84 bits per heavy atom. The quantitative estimate of drug-likeness (QED) is 0.774. The highest BCUT2D eigenvalue weighted by atomic mass is 35.5. The number of aliphatic hydroxyl groups excluding tert-OH is 1. The van der Waals surface area contributed by atoms with Crippen LogP contribution in [0.2, 0.25) is 5.02 Å². The topological polar surface area (TPSA) is 38.0 Å². The monoisotopic (exact) mass is 272 g/mol. The van der Waals surface area contributed by atoms with E-state index in [1.54, 1.807) is 12.4 Å². The smallest absolute Gasteiger partial charge is 0.120 e. The number of aryl methyl sites for hydroxylation is 1. The number of aliphatic hydroxyl groups is 1. The first-order valence-corrected chi connectivity index (χ1v) is 6.40. The summed E-state index contributed by atoms with van der Waals surface area (Å²) in [5, 5.41) is 11.4. The van der Waals surface area contributed by atoms with Gasteiger partial charge < -0.3 is 9.67 Å². The Bertz CT molecular complexity index is 735. The molecule has 0 fully saturated rings. The number of aromatic nitrogens is 2. The van der Waals surface area contributed by atoms with Crippen LogP contribution in [0.5, 0.6) is 0 Å². The molecule has 0 unspecified atom stereocenters. The van der Waals surface area contributed by atoms with E-state index in [-0.39, 0.29) is 6.73 Å². The molecule has 0 spiro atoms. The van der Waals surface area contributed by atoms with Crippen LogP contribution in [0.15, 0.2) is 42.7 Å². The lowest BCUT2D eigenvalue weighted by Gasteiger charge is -2.07. The Morgan fingerprint density at radius 2 is 2.16 bits per heavy atom. The highest BCUT2D eigenvalue weighted by molar-refractivity contribution is 6.31. The van der Waals surface area contributed by atoms with Gasteiger partial charge in [0.15, 0.2) is 0 Å². The fourth-order valence-corrected chi connectivity index (χ4v) is 2.69. The van der Waals surface area contributed by atoms with E-state index in [1.165, 1.54) is 0 Å². The zero-order chi connectivity index (χ0) is 13.4. The Kier molecular flexibility index (Phi) is 3.01. The Morgan fingerprint density at radius 1 is 1.32 bits per heavy atom. The van der Waals surface area contributed by atoms with Gasteiger partial charge in [0.25, 0.3) is 0 Å². The van der Waals surface area contributed by atoms with Crippen molar-refractivity contribution in [2.75, 3.05) is 0 Å². The minimum absolute atomic E-state index is 0.0732. The number of fused-ring (bicyclic) bond motifs is 1. The predicted molar refractivity (Wildman–Crippen MR) is 77.1 cm³/mol. The summed E-state index contributed by atoms with van der Waals surface area (Å²) in [6, 6.07) is 9.57. The molecule has 2 heterocycles. The normalized spacial score (nSPS) is 11.1. The molecule has 0 saturated heterocycles. The van der Waals surface area contributed by atoms with Crippen LogP contribution in [0.25, 0.3) is 22.2 Å². The highest BCUT2D eigenvalue weighted by Gasteiger charge is 2.15. The van der Waals surface area contributed by atoms with E-state index in [2.05, 4.69) is 4.98 Å². The molecule has 2 aromatic heterocycles. The summed E-state index contributed by atoms with van der Waals surface area (Å²) in [5.41, 5.74) is 4.04. The summed E-state index contributed by atoms with van der Waals surface area (Å²) in [4.78, 5) is 4.14. The molecule has 3 nitrogen and oxygen atoms in total. The Balaban J connectivity index is 2.39. The van der Waals surface area contributed by atoms with Crippen molar-refractivity contribution in [3.8, 4) is 11.3 Å². The second-order valence-corrected chi connectivity index (χ2v) is 4.88. The molecule has 0 aliphatic heterocycles. The predicted octanol–water partition coefficient (Wildman–Crippen LogP) is 3.61. The molecular formula is C15H13ClN2O. The van der Waals surface area contributed by atoms with E-state index >= 15 is 0 Å². The van der Waals surface area contributed by atoms with Gasteiger partial charge in [-0.3, -0.25) is 4.98 Å². The van der Waals surface area contributed by atoms with E-state index < -0.39 is 0 Å². The summed E-state index contributed by atoms with van der Waals surface area (Å²) < 4.78 is 1.87. The molecule has 1 N–H and O–H groups in total. The van der Waals surface area contributed by atoms with Gasteiger partial charge in [-0.1, -0.05) is 11.6 Å². The molecule has 3 aromatic rings. The third-order valence-corrected chi connectivity index (χ3v) is 3.59.